The van der Waals surface area contributed by atoms with Gasteiger partial charge in [-0.05, 0) is 12.1 Å². The molecule has 0 aliphatic rings. The summed E-state index contributed by atoms with van der Waals surface area (Å²) in [5.41, 5.74) is 2.82. The fourth-order valence-corrected chi connectivity index (χ4v) is 3.98. The molecule has 0 saturated heterocycles. The Morgan fingerprint density at radius 3 is 2.91 bits per heavy atom. The first kappa shape index (κ1) is 16.0. The van der Waals surface area contributed by atoms with E-state index < -0.39 is 0 Å². The van der Waals surface area contributed by atoms with Crippen molar-refractivity contribution in [2.45, 2.75) is 17.5 Å². The number of aromatic nitrogens is 3. The Balaban J connectivity index is 1.73. The van der Waals surface area contributed by atoms with E-state index in [0.29, 0.717) is 0 Å². The van der Waals surface area contributed by atoms with Crippen LogP contribution in [0.4, 0.5) is 0 Å². The number of imidazole rings is 1. The van der Waals surface area contributed by atoms with E-state index >= 15 is 0 Å². The lowest BCUT2D eigenvalue weighted by Gasteiger charge is -2.04. The third-order valence-electron chi connectivity index (χ3n) is 3.44. The van der Waals surface area contributed by atoms with Gasteiger partial charge in [0.25, 0.3) is 0 Å². The highest BCUT2D eigenvalue weighted by Gasteiger charge is 2.11. The predicted octanol–water partition coefficient (Wildman–Crippen LogP) is 3.34. The van der Waals surface area contributed by atoms with Gasteiger partial charge in [0.1, 0.15) is 10.8 Å². The minimum absolute atomic E-state index is 0.00128. The molecule has 3 rings (SSSR count). The first-order chi connectivity index (χ1) is 11.2. The molecule has 23 heavy (non-hydrogen) atoms. The van der Waals surface area contributed by atoms with Crippen LogP contribution in [0.1, 0.15) is 11.4 Å². The van der Waals surface area contributed by atoms with Crippen molar-refractivity contribution in [2.24, 2.45) is 7.05 Å². The van der Waals surface area contributed by atoms with Gasteiger partial charge in [-0.3, -0.25) is 0 Å². The van der Waals surface area contributed by atoms with E-state index in [1.807, 2.05) is 35.9 Å². The Labute approximate surface area is 143 Å². The number of thiazole rings is 1. The van der Waals surface area contributed by atoms with Gasteiger partial charge in [0, 0.05) is 18.2 Å². The molecular formula is C16H17N3O2S2. The first-order valence-corrected chi connectivity index (χ1v) is 8.91. The lowest BCUT2D eigenvalue weighted by molar-refractivity contribution is 0.271. The lowest BCUT2D eigenvalue weighted by atomic mass is 10.2. The second-order valence-corrected chi connectivity index (χ2v) is 6.68. The van der Waals surface area contributed by atoms with Crippen molar-refractivity contribution in [1.82, 2.24) is 14.5 Å². The Bertz CT molecular complexity index is 798. The van der Waals surface area contributed by atoms with Gasteiger partial charge in [0.15, 0.2) is 5.16 Å². The fourth-order valence-electron chi connectivity index (χ4n) is 2.16. The Hall–Kier alpha value is -1.83. The monoisotopic (exact) mass is 347 g/mol. The molecular weight excluding hydrogens is 330 g/mol. The summed E-state index contributed by atoms with van der Waals surface area (Å²) in [4.78, 5) is 9.01. The van der Waals surface area contributed by atoms with Gasteiger partial charge in [-0.25, -0.2) is 9.97 Å². The quantitative estimate of drug-likeness (QED) is 0.693. The molecule has 0 spiro atoms. The van der Waals surface area contributed by atoms with Gasteiger partial charge in [-0.2, -0.15) is 0 Å². The van der Waals surface area contributed by atoms with E-state index in [1.54, 1.807) is 36.4 Å². The van der Waals surface area contributed by atoms with E-state index in [4.69, 9.17) is 9.72 Å². The number of aliphatic hydroxyl groups excluding tert-OH is 1. The highest BCUT2D eigenvalue weighted by atomic mass is 32.2. The maximum absolute atomic E-state index is 9.20. The van der Waals surface area contributed by atoms with Crippen molar-refractivity contribution < 1.29 is 9.84 Å². The van der Waals surface area contributed by atoms with Crippen LogP contribution >= 0.6 is 23.1 Å². The maximum Gasteiger partial charge on any atom is 0.168 e. The molecule has 120 valence electrons. The molecule has 0 saturated carbocycles. The number of ether oxygens (including phenoxy) is 1. The molecule has 0 unspecified atom stereocenters. The van der Waals surface area contributed by atoms with Crippen LogP contribution in [0.2, 0.25) is 0 Å². The zero-order valence-corrected chi connectivity index (χ0v) is 14.5. The summed E-state index contributed by atoms with van der Waals surface area (Å²) < 4.78 is 7.29. The third kappa shape index (κ3) is 3.41. The summed E-state index contributed by atoms with van der Waals surface area (Å²) in [7, 11) is 3.57. The number of thioether (sulfide) groups is 1. The van der Waals surface area contributed by atoms with Gasteiger partial charge in [-0.15, -0.1) is 11.3 Å². The highest BCUT2D eigenvalue weighted by Crippen LogP contribution is 2.33. The van der Waals surface area contributed by atoms with Crippen molar-refractivity contribution in [2.75, 3.05) is 7.11 Å². The lowest BCUT2D eigenvalue weighted by Crippen LogP contribution is -1.97. The second kappa shape index (κ2) is 7.16. The molecule has 3 aromatic rings. The van der Waals surface area contributed by atoms with Gasteiger partial charge in [0.05, 0.1) is 36.9 Å². The third-order valence-corrected chi connectivity index (χ3v) is 5.44. The highest BCUT2D eigenvalue weighted by molar-refractivity contribution is 7.98. The Morgan fingerprint density at radius 1 is 1.35 bits per heavy atom. The molecule has 2 heterocycles. The van der Waals surface area contributed by atoms with E-state index in [2.05, 4.69) is 10.4 Å². The summed E-state index contributed by atoms with van der Waals surface area (Å²) in [5.74, 6) is 1.57. The van der Waals surface area contributed by atoms with Crippen molar-refractivity contribution in [3.8, 4) is 16.3 Å². The molecule has 1 aromatic carbocycles. The molecule has 0 aliphatic heterocycles. The zero-order chi connectivity index (χ0) is 16.2. The van der Waals surface area contributed by atoms with Gasteiger partial charge >= 0.3 is 0 Å². The normalized spacial score (nSPS) is 10.9. The maximum atomic E-state index is 9.20. The molecule has 0 fully saturated rings. The standard InChI is InChI=1S/C16H17N3O2S2/c1-19-12(8-20)7-17-16(19)23-10-11-9-22-15(18-11)13-5-3-4-6-14(13)21-2/h3-7,9,20H,8,10H2,1-2H3. The van der Waals surface area contributed by atoms with Gasteiger partial charge in [0.2, 0.25) is 0 Å². The number of aliphatic hydroxyl groups is 1. The van der Waals surface area contributed by atoms with Crippen LogP contribution in [0.25, 0.3) is 10.6 Å². The van der Waals surface area contributed by atoms with E-state index in [1.165, 1.54) is 0 Å². The van der Waals surface area contributed by atoms with Gasteiger partial charge in [-0.1, -0.05) is 23.9 Å². The largest absolute Gasteiger partial charge is 0.496 e. The molecule has 7 heteroatoms. The van der Waals surface area contributed by atoms with Crippen LogP contribution in [0.15, 0.2) is 41.0 Å². The average molecular weight is 347 g/mol. The molecule has 0 aliphatic carbocycles. The van der Waals surface area contributed by atoms with Crippen LogP contribution in [0, 0.1) is 0 Å². The number of hydrogen-bond acceptors (Lipinski definition) is 6. The average Bonchev–Trinajstić information content (AvgIpc) is 3.19. The van der Waals surface area contributed by atoms with E-state index in [-0.39, 0.29) is 6.61 Å². The van der Waals surface area contributed by atoms with E-state index in [9.17, 15) is 5.11 Å². The van der Waals surface area contributed by atoms with E-state index in [0.717, 1.165) is 38.6 Å². The van der Waals surface area contributed by atoms with Crippen LogP contribution in [-0.4, -0.2) is 26.8 Å². The summed E-state index contributed by atoms with van der Waals surface area (Å²) in [6.45, 7) is -0.00128. The first-order valence-electron chi connectivity index (χ1n) is 7.05. The SMILES string of the molecule is COc1ccccc1-c1nc(CSc2ncc(CO)n2C)cs1. The van der Waals surface area contributed by atoms with Crippen molar-refractivity contribution in [3.63, 3.8) is 0 Å². The summed E-state index contributed by atoms with van der Waals surface area (Å²) in [6.07, 6.45) is 1.70. The molecule has 0 radical (unpaired) electrons. The fraction of sp³-hybridized carbons (Fsp3) is 0.250. The minimum atomic E-state index is -0.00128. The molecule has 5 nitrogen and oxygen atoms in total. The molecule has 0 atom stereocenters. The summed E-state index contributed by atoms with van der Waals surface area (Å²) in [5, 5.41) is 13.1. The molecule has 2 aromatic heterocycles. The topological polar surface area (TPSA) is 60.2 Å². The van der Waals surface area contributed by atoms with Crippen molar-refractivity contribution >= 4 is 23.1 Å². The predicted molar refractivity (Wildman–Crippen MR) is 92.8 cm³/mol. The van der Waals surface area contributed by atoms with Crippen LogP contribution in [0.5, 0.6) is 5.75 Å². The Kier molecular flexibility index (Phi) is 5.00. The molecule has 0 bridgehead atoms. The smallest absolute Gasteiger partial charge is 0.168 e. The molecule has 0 amide bonds. The summed E-state index contributed by atoms with van der Waals surface area (Å²) in [6, 6.07) is 7.89. The number of methoxy groups -OCH3 is 1. The van der Waals surface area contributed by atoms with Crippen LogP contribution in [-0.2, 0) is 19.4 Å². The van der Waals surface area contributed by atoms with Crippen molar-refractivity contribution in [1.29, 1.82) is 0 Å². The number of benzene rings is 1. The zero-order valence-electron chi connectivity index (χ0n) is 12.9. The number of hydrogen-bond donors (Lipinski definition) is 1. The van der Waals surface area contributed by atoms with Crippen molar-refractivity contribution in [3.05, 3.63) is 47.2 Å². The molecule has 1 N–H and O–H groups in total. The Morgan fingerprint density at radius 2 is 2.17 bits per heavy atom. The number of para-hydroxylation sites is 1. The summed E-state index contributed by atoms with van der Waals surface area (Å²) >= 11 is 3.22. The second-order valence-electron chi connectivity index (χ2n) is 4.88. The number of nitrogens with zero attached hydrogens (tertiary/aromatic N) is 3. The van der Waals surface area contributed by atoms with Crippen LogP contribution in [0.3, 0.4) is 0 Å². The minimum Gasteiger partial charge on any atom is -0.496 e. The number of rotatable bonds is 6. The van der Waals surface area contributed by atoms with Crippen LogP contribution < -0.4 is 4.74 Å². The van der Waals surface area contributed by atoms with Gasteiger partial charge < -0.3 is 14.4 Å².